The van der Waals surface area contributed by atoms with Crippen molar-refractivity contribution in [1.82, 2.24) is 0 Å². The van der Waals surface area contributed by atoms with Crippen molar-refractivity contribution in [2.45, 2.75) is 39.2 Å². The lowest BCUT2D eigenvalue weighted by Gasteiger charge is -2.30. The van der Waals surface area contributed by atoms with Gasteiger partial charge in [0, 0.05) is 0 Å². The van der Waals surface area contributed by atoms with E-state index < -0.39 is 0 Å². The van der Waals surface area contributed by atoms with Crippen LogP contribution in [0.15, 0.2) is 0 Å². The first kappa shape index (κ1) is 7.60. The van der Waals surface area contributed by atoms with Gasteiger partial charge in [-0.05, 0) is 42.9 Å². The van der Waals surface area contributed by atoms with Gasteiger partial charge in [0.15, 0.2) is 0 Å². The first-order valence-electron chi connectivity index (χ1n) is 4.88. The van der Waals surface area contributed by atoms with E-state index in [1.165, 1.54) is 19.3 Å². The highest BCUT2D eigenvalue weighted by Gasteiger charge is 2.47. The van der Waals surface area contributed by atoms with Gasteiger partial charge < -0.3 is 5.11 Å². The third-order valence-corrected chi connectivity index (χ3v) is 3.71. The molecule has 0 spiro atoms. The molecule has 0 radical (unpaired) electrons. The summed E-state index contributed by atoms with van der Waals surface area (Å²) >= 11 is 0. The van der Waals surface area contributed by atoms with E-state index in [1.807, 2.05) is 0 Å². The van der Waals surface area contributed by atoms with E-state index in [1.54, 1.807) is 0 Å². The minimum Gasteiger partial charge on any atom is -0.393 e. The zero-order chi connectivity index (χ0) is 8.01. The van der Waals surface area contributed by atoms with Crippen molar-refractivity contribution in [1.29, 1.82) is 0 Å². The Morgan fingerprint density at radius 3 is 2.18 bits per heavy atom. The summed E-state index contributed by atoms with van der Waals surface area (Å²) in [5.41, 5.74) is 0. The predicted molar refractivity (Wildman–Crippen MR) is 45.2 cm³/mol. The first-order valence-corrected chi connectivity index (χ1v) is 4.88. The van der Waals surface area contributed by atoms with Crippen LogP contribution >= 0.6 is 0 Å². The molecule has 2 saturated carbocycles. The molecule has 0 aliphatic heterocycles. The molecular formula is C10H18O. The van der Waals surface area contributed by atoms with Crippen LogP contribution in [0.25, 0.3) is 0 Å². The van der Waals surface area contributed by atoms with Gasteiger partial charge >= 0.3 is 0 Å². The van der Waals surface area contributed by atoms with Crippen molar-refractivity contribution in [2.24, 2.45) is 23.7 Å². The van der Waals surface area contributed by atoms with E-state index in [2.05, 4.69) is 13.8 Å². The van der Waals surface area contributed by atoms with Crippen LogP contribution in [-0.2, 0) is 0 Å². The summed E-state index contributed by atoms with van der Waals surface area (Å²) in [5, 5.41) is 9.85. The van der Waals surface area contributed by atoms with Crippen molar-refractivity contribution >= 4 is 0 Å². The minimum absolute atomic E-state index is 0.0359. The van der Waals surface area contributed by atoms with E-state index in [0.29, 0.717) is 17.8 Å². The van der Waals surface area contributed by atoms with E-state index >= 15 is 0 Å². The Kier molecular flexibility index (Phi) is 1.71. The van der Waals surface area contributed by atoms with E-state index in [4.69, 9.17) is 0 Å². The summed E-state index contributed by atoms with van der Waals surface area (Å²) in [5.74, 6) is 2.82. The molecule has 4 unspecified atom stereocenters. The molecule has 2 rings (SSSR count). The van der Waals surface area contributed by atoms with Gasteiger partial charge in [0.1, 0.15) is 0 Å². The third-order valence-electron chi connectivity index (χ3n) is 3.71. The Bertz CT molecular complexity index is 151. The van der Waals surface area contributed by atoms with Crippen LogP contribution < -0.4 is 0 Å². The fourth-order valence-electron chi connectivity index (χ4n) is 3.24. The Hall–Kier alpha value is -0.0400. The lowest BCUT2D eigenvalue weighted by molar-refractivity contribution is 0.0361. The molecule has 0 aromatic heterocycles. The summed E-state index contributed by atoms with van der Waals surface area (Å²) in [7, 11) is 0. The fourth-order valence-corrected chi connectivity index (χ4v) is 3.24. The molecule has 4 atom stereocenters. The standard InChI is InChI=1S/C10H18O/c1-6(2)9-7-3-4-8(5-7)10(9)11/h6-11H,3-5H2,1-2H3. The summed E-state index contributed by atoms with van der Waals surface area (Å²) in [6.07, 6.45) is 4.01. The number of aliphatic hydroxyl groups is 1. The van der Waals surface area contributed by atoms with Gasteiger partial charge in [-0.25, -0.2) is 0 Å². The number of hydrogen-bond donors (Lipinski definition) is 1. The monoisotopic (exact) mass is 154 g/mol. The minimum atomic E-state index is 0.0359. The van der Waals surface area contributed by atoms with Crippen LogP contribution in [0.2, 0.25) is 0 Å². The van der Waals surface area contributed by atoms with Crippen LogP contribution in [0.3, 0.4) is 0 Å². The number of fused-ring (bicyclic) bond motifs is 2. The third kappa shape index (κ3) is 1.01. The van der Waals surface area contributed by atoms with E-state index in [-0.39, 0.29) is 6.10 Å². The molecular weight excluding hydrogens is 136 g/mol. The van der Waals surface area contributed by atoms with Gasteiger partial charge in [0.2, 0.25) is 0 Å². The zero-order valence-electron chi connectivity index (χ0n) is 7.46. The molecule has 2 bridgehead atoms. The molecule has 2 fully saturated rings. The number of hydrogen-bond acceptors (Lipinski definition) is 1. The average molecular weight is 154 g/mol. The van der Waals surface area contributed by atoms with Crippen molar-refractivity contribution in [3.05, 3.63) is 0 Å². The zero-order valence-corrected chi connectivity index (χ0v) is 7.46. The fraction of sp³-hybridized carbons (Fsp3) is 1.00. The number of rotatable bonds is 1. The van der Waals surface area contributed by atoms with Crippen molar-refractivity contribution in [2.75, 3.05) is 0 Å². The smallest absolute Gasteiger partial charge is 0.0601 e. The average Bonchev–Trinajstić information content (AvgIpc) is 2.44. The lowest BCUT2D eigenvalue weighted by atomic mass is 9.79. The Balaban J connectivity index is 2.11. The van der Waals surface area contributed by atoms with Gasteiger partial charge in [-0.3, -0.25) is 0 Å². The van der Waals surface area contributed by atoms with Crippen LogP contribution in [0.1, 0.15) is 33.1 Å². The van der Waals surface area contributed by atoms with Crippen molar-refractivity contribution in [3.8, 4) is 0 Å². The van der Waals surface area contributed by atoms with Gasteiger partial charge in [-0.2, -0.15) is 0 Å². The van der Waals surface area contributed by atoms with Crippen molar-refractivity contribution < 1.29 is 5.11 Å². The molecule has 1 N–H and O–H groups in total. The maximum absolute atomic E-state index is 9.85. The maximum Gasteiger partial charge on any atom is 0.0601 e. The molecule has 64 valence electrons. The predicted octanol–water partition coefficient (Wildman–Crippen LogP) is 2.05. The summed E-state index contributed by atoms with van der Waals surface area (Å²) in [6, 6.07) is 0. The van der Waals surface area contributed by atoms with Crippen molar-refractivity contribution in [3.63, 3.8) is 0 Å². The van der Waals surface area contributed by atoms with Crippen LogP contribution in [0, 0.1) is 23.7 Å². The Morgan fingerprint density at radius 2 is 1.82 bits per heavy atom. The molecule has 11 heavy (non-hydrogen) atoms. The molecule has 0 heterocycles. The lowest BCUT2D eigenvalue weighted by Crippen LogP contribution is -2.30. The highest BCUT2D eigenvalue weighted by Crippen LogP contribution is 2.50. The SMILES string of the molecule is CC(C)C1C2CCC(C2)C1O. The quantitative estimate of drug-likeness (QED) is 0.613. The Labute approximate surface area is 68.8 Å². The van der Waals surface area contributed by atoms with E-state index in [9.17, 15) is 5.11 Å². The van der Waals surface area contributed by atoms with E-state index in [0.717, 1.165) is 5.92 Å². The molecule has 0 amide bonds. The second-order valence-electron chi connectivity index (χ2n) is 4.65. The highest BCUT2D eigenvalue weighted by molar-refractivity contribution is 4.97. The molecule has 1 nitrogen and oxygen atoms in total. The van der Waals surface area contributed by atoms with Gasteiger partial charge in [0.25, 0.3) is 0 Å². The van der Waals surface area contributed by atoms with Gasteiger partial charge in [-0.15, -0.1) is 0 Å². The summed E-state index contributed by atoms with van der Waals surface area (Å²) in [4.78, 5) is 0. The second kappa shape index (κ2) is 2.48. The van der Waals surface area contributed by atoms with Crippen LogP contribution in [0.4, 0.5) is 0 Å². The van der Waals surface area contributed by atoms with Gasteiger partial charge in [-0.1, -0.05) is 13.8 Å². The first-order chi connectivity index (χ1) is 5.20. The largest absolute Gasteiger partial charge is 0.393 e. The Morgan fingerprint density at radius 1 is 1.18 bits per heavy atom. The van der Waals surface area contributed by atoms with Gasteiger partial charge in [0.05, 0.1) is 6.10 Å². The maximum atomic E-state index is 9.85. The topological polar surface area (TPSA) is 20.2 Å². The molecule has 0 saturated heterocycles. The molecule has 0 aromatic rings. The number of aliphatic hydroxyl groups excluding tert-OH is 1. The summed E-state index contributed by atoms with van der Waals surface area (Å²) in [6.45, 7) is 4.49. The normalized spacial score (nSPS) is 49.1. The van der Waals surface area contributed by atoms with Crippen LogP contribution in [0.5, 0.6) is 0 Å². The second-order valence-corrected chi connectivity index (χ2v) is 4.65. The van der Waals surface area contributed by atoms with Crippen LogP contribution in [-0.4, -0.2) is 11.2 Å². The molecule has 2 aliphatic rings. The molecule has 1 heteroatoms. The highest BCUT2D eigenvalue weighted by atomic mass is 16.3. The molecule has 2 aliphatic carbocycles. The molecule has 0 aromatic carbocycles. The summed E-state index contributed by atoms with van der Waals surface area (Å²) < 4.78 is 0.